The molecule has 1 aliphatic rings. The Morgan fingerprint density at radius 3 is 2.61 bits per heavy atom. The molecule has 2 aromatic rings. The normalized spacial score (nSPS) is 15.4. The lowest BCUT2D eigenvalue weighted by molar-refractivity contribution is 0.475. The van der Waals surface area contributed by atoms with Crippen molar-refractivity contribution in [1.82, 2.24) is 0 Å². The average molecular weight is 320 g/mol. The van der Waals surface area contributed by atoms with Gasteiger partial charge in [0.15, 0.2) is 0 Å². The standard InChI is InChI=1S/C20H14ClNO/c1-14(12-16(13-22)15-6-8-17(21)9-7-15)18-10-11-23-20-5-3-2-4-19(18)20/h2-12H,1H3/b16-12-,18-14+. The maximum atomic E-state index is 9.47. The van der Waals surface area contributed by atoms with Gasteiger partial charge in [-0.3, -0.25) is 0 Å². The molecule has 23 heavy (non-hydrogen) atoms. The van der Waals surface area contributed by atoms with Gasteiger partial charge in [-0.05, 0) is 54.0 Å². The number of halogens is 1. The van der Waals surface area contributed by atoms with Gasteiger partial charge < -0.3 is 4.74 Å². The van der Waals surface area contributed by atoms with Crippen molar-refractivity contribution in [2.24, 2.45) is 0 Å². The van der Waals surface area contributed by atoms with E-state index in [1.54, 1.807) is 18.4 Å². The minimum atomic E-state index is 0.601. The van der Waals surface area contributed by atoms with Crippen LogP contribution in [-0.2, 0) is 0 Å². The molecule has 0 N–H and O–H groups in total. The van der Waals surface area contributed by atoms with Crippen LogP contribution in [0.25, 0.3) is 11.1 Å². The summed E-state index contributed by atoms with van der Waals surface area (Å²) >= 11 is 5.91. The number of para-hydroxylation sites is 1. The average Bonchev–Trinajstić information content (AvgIpc) is 2.60. The SMILES string of the molecule is CC(/C=C(/C#N)c1ccc(Cl)cc1)=C1/C=COc2ccccc21. The number of hydrogen-bond donors (Lipinski definition) is 0. The monoisotopic (exact) mass is 319 g/mol. The van der Waals surface area contributed by atoms with Gasteiger partial charge in [0.25, 0.3) is 0 Å². The van der Waals surface area contributed by atoms with Crippen LogP contribution < -0.4 is 4.74 Å². The molecule has 0 unspecified atom stereocenters. The molecule has 3 heteroatoms. The van der Waals surface area contributed by atoms with Crippen molar-refractivity contribution in [2.45, 2.75) is 6.92 Å². The molecule has 0 bridgehead atoms. The third-order valence-electron chi connectivity index (χ3n) is 3.67. The van der Waals surface area contributed by atoms with Crippen LogP contribution in [0.3, 0.4) is 0 Å². The lowest BCUT2D eigenvalue weighted by Gasteiger charge is -2.16. The minimum absolute atomic E-state index is 0.601. The predicted molar refractivity (Wildman–Crippen MR) is 93.8 cm³/mol. The second-order valence-electron chi connectivity index (χ2n) is 5.19. The van der Waals surface area contributed by atoms with Crippen LogP contribution in [0.2, 0.25) is 5.02 Å². The van der Waals surface area contributed by atoms with E-state index in [0.717, 1.165) is 28.0 Å². The van der Waals surface area contributed by atoms with Crippen molar-refractivity contribution in [3.8, 4) is 11.8 Å². The molecule has 1 aliphatic heterocycles. The van der Waals surface area contributed by atoms with Crippen LogP contribution in [0.4, 0.5) is 0 Å². The molecule has 0 spiro atoms. The van der Waals surface area contributed by atoms with Gasteiger partial charge in [-0.2, -0.15) is 5.26 Å². The highest BCUT2D eigenvalue weighted by Crippen LogP contribution is 2.33. The minimum Gasteiger partial charge on any atom is -0.464 e. The van der Waals surface area contributed by atoms with E-state index in [9.17, 15) is 5.26 Å². The molecular formula is C20H14ClNO. The van der Waals surface area contributed by atoms with E-state index in [1.165, 1.54) is 0 Å². The fourth-order valence-corrected chi connectivity index (χ4v) is 2.63. The molecule has 0 atom stereocenters. The molecule has 0 aromatic heterocycles. The highest BCUT2D eigenvalue weighted by atomic mass is 35.5. The Hall–Kier alpha value is -2.76. The first-order chi connectivity index (χ1) is 11.2. The Balaban J connectivity index is 2.06. The summed E-state index contributed by atoms with van der Waals surface area (Å²) in [4.78, 5) is 0. The molecule has 2 aromatic carbocycles. The molecule has 0 aliphatic carbocycles. The van der Waals surface area contributed by atoms with Crippen molar-refractivity contribution in [3.63, 3.8) is 0 Å². The van der Waals surface area contributed by atoms with Crippen molar-refractivity contribution < 1.29 is 4.74 Å². The predicted octanol–water partition coefficient (Wildman–Crippen LogP) is 5.63. The highest BCUT2D eigenvalue weighted by Gasteiger charge is 2.12. The van der Waals surface area contributed by atoms with E-state index < -0.39 is 0 Å². The zero-order valence-corrected chi connectivity index (χ0v) is 13.3. The second kappa shape index (κ2) is 6.56. The summed E-state index contributed by atoms with van der Waals surface area (Å²) in [5.41, 5.74) is 4.53. The summed E-state index contributed by atoms with van der Waals surface area (Å²) in [7, 11) is 0. The van der Waals surface area contributed by atoms with E-state index in [4.69, 9.17) is 16.3 Å². The Morgan fingerprint density at radius 2 is 1.87 bits per heavy atom. The summed E-state index contributed by atoms with van der Waals surface area (Å²) in [5.74, 6) is 0.822. The molecule has 0 saturated carbocycles. The molecule has 0 radical (unpaired) electrons. The number of allylic oxidation sites excluding steroid dienone is 5. The van der Waals surface area contributed by atoms with Gasteiger partial charge in [-0.15, -0.1) is 0 Å². The van der Waals surface area contributed by atoms with Gasteiger partial charge in [-0.1, -0.05) is 41.9 Å². The first-order valence-electron chi connectivity index (χ1n) is 7.20. The van der Waals surface area contributed by atoms with E-state index in [1.807, 2.05) is 55.5 Å². The number of ether oxygens (including phenoxy) is 1. The highest BCUT2D eigenvalue weighted by molar-refractivity contribution is 6.30. The van der Waals surface area contributed by atoms with E-state index in [0.29, 0.717) is 10.6 Å². The van der Waals surface area contributed by atoms with Gasteiger partial charge >= 0.3 is 0 Å². The first-order valence-corrected chi connectivity index (χ1v) is 7.58. The molecule has 2 nitrogen and oxygen atoms in total. The van der Waals surface area contributed by atoms with E-state index in [-0.39, 0.29) is 0 Å². The van der Waals surface area contributed by atoms with Crippen LogP contribution in [0, 0.1) is 11.3 Å². The van der Waals surface area contributed by atoms with Crippen LogP contribution >= 0.6 is 11.6 Å². The van der Waals surface area contributed by atoms with Crippen molar-refractivity contribution in [2.75, 3.05) is 0 Å². The Morgan fingerprint density at radius 1 is 1.13 bits per heavy atom. The van der Waals surface area contributed by atoms with Gasteiger partial charge in [-0.25, -0.2) is 0 Å². The van der Waals surface area contributed by atoms with Crippen molar-refractivity contribution >= 4 is 22.7 Å². The Kier molecular flexibility index (Phi) is 4.32. The third-order valence-corrected chi connectivity index (χ3v) is 3.92. The van der Waals surface area contributed by atoms with Crippen molar-refractivity contribution in [3.05, 3.63) is 88.7 Å². The van der Waals surface area contributed by atoms with Crippen molar-refractivity contribution in [1.29, 1.82) is 5.26 Å². The number of benzene rings is 2. The van der Waals surface area contributed by atoms with Crippen LogP contribution in [0.1, 0.15) is 18.1 Å². The Bertz CT molecular complexity index is 867. The maximum absolute atomic E-state index is 9.47. The number of rotatable bonds is 2. The molecule has 112 valence electrons. The molecular weight excluding hydrogens is 306 g/mol. The Labute approximate surface area is 140 Å². The lowest BCUT2D eigenvalue weighted by Crippen LogP contribution is -1.97. The number of hydrogen-bond acceptors (Lipinski definition) is 2. The summed E-state index contributed by atoms with van der Waals surface area (Å²) < 4.78 is 5.52. The number of nitriles is 1. The molecule has 0 saturated heterocycles. The van der Waals surface area contributed by atoms with Gasteiger partial charge in [0.1, 0.15) is 5.75 Å². The number of nitrogens with zero attached hydrogens (tertiary/aromatic N) is 1. The fourth-order valence-electron chi connectivity index (χ4n) is 2.50. The van der Waals surface area contributed by atoms with Crippen LogP contribution in [-0.4, -0.2) is 0 Å². The van der Waals surface area contributed by atoms with Gasteiger partial charge in [0.05, 0.1) is 17.9 Å². The van der Waals surface area contributed by atoms with Crippen LogP contribution in [0.5, 0.6) is 5.75 Å². The van der Waals surface area contributed by atoms with Gasteiger partial charge in [0, 0.05) is 10.6 Å². The quantitative estimate of drug-likeness (QED) is 0.672. The zero-order valence-electron chi connectivity index (χ0n) is 12.6. The molecule has 3 rings (SSSR count). The third kappa shape index (κ3) is 3.21. The first kappa shape index (κ1) is 15.1. The summed E-state index contributed by atoms with van der Waals surface area (Å²) in [6, 6.07) is 17.4. The fraction of sp³-hybridized carbons (Fsp3) is 0.0500. The molecule has 1 heterocycles. The molecule has 0 amide bonds. The maximum Gasteiger partial charge on any atom is 0.134 e. The van der Waals surface area contributed by atoms with E-state index >= 15 is 0 Å². The molecule has 0 fully saturated rings. The topological polar surface area (TPSA) is 33.0 Å². The summed E-state index contributed by atoms with van der Waals surface area (Å²) in [6.07, 6.45) is 5.49. The lowest BCUT2D eigenvalue weighted by atomic mass is 9.96. The zero-order chi connectivity index (χ0) is 16.2. The summed E-state index contributed by atoms with van der Waals surface area (Å²) in [5, 5.41) is 10.1. The van der Waals surface area contributed by atoms with Crippen LogP contribution in [0.15, 0.2) is 72.5 Å². The van der Waals surface area contributed by atoms with E-state index in [2.05, 4.69) is 6.07 Å². The number of fused-ring (bicyclic) bond motifs is 1. The summed E-state index contributed by atoms with van der Waals surface area (Å²) in [6.45, 7) is 2.00. The smallest absolute Gasteiger partial charge is 0.134 e. The largest absolute Gasteiger partial charge is 0.464 e. The van der Waals surface area contributed by atoms with Gasteiger partial charge in [0.2, 0.25) is 0 Å². The second-order valence-corrected chi connectivity index (χ2v) is 5.63.